The molecule has 0 aliphatic carbocycles. The van der Waals surface area contributed by atoms with Gasteiger partial charge in [-0.25, -0.2) is 4.39 Å². The second kappa shape index (κ2) is 7.44. The molecule has 1 heterocycles. The smallest absolute Gasteiger partial charge is 0.284 e. The number of hydrogen-bond acceptors (Lipinski definition) is 4. The van der Waals surface area contributed by atoms with Crippen LogP contribution in [0.25, 0.3) is 0 Å². The molecule has 0 aliphatic heterocycles. The van der Waals surface area contributed by atoms with Gasteiger partial charge in [-0.2, -0.15) is 0 Å². The average molecular weight is 320 g/mol. The molecule has 2 rings (SSSR count). The number of nitrogens with two attached hydrogens (primary N) is 1. The lowest BCUT2D eigenvalue weighted by Crippen LogP contribution is -2.28. The number of amides is 2. The van der Waals surface area contributed by atoms with Crippen molar-refractivity contribution in [3.8, 4) is 5.75 Å². The molecule has 0 radical (unpaired) electrons. The van der Waals surface area contributed by atoms with E-state index in [1.807, 2.05) is 0 Å². The van der Waals surface area contributed by atoms with Gasteiger partial charge in [0.1, 0.15) is 17.8 Å². The van der Waals surface area contributed by atoms with Crippen LogP contribution >= 0.6 is 0 Å². The molecule has 0 unspecified atom stereocenters. The summed E-state index contributed by atoms with van der Waals surface area (Å²) in [6.45, 7) is 0.846. The second-order valence-corrected chi connectivity index (χ2v) is 4.95. The third kappa shape index (κ3) is 4.57. The number of primary amides is 1. The van der Waals surface area contributed by atoms with E-state index in [0.29, 0.717) is 25.3 Å². The van der Waals surface area contributed by atoms with Gasteiger partial charge in [0.2, 0.25) is 0 Å². The van der Waals surface area contributed by atoms with E-state index < -0.39 is 5.91 Å². The highest BCUT2D eigenvalue weighted by Crippen LogP contribution is 2.12. The van der Waals surface area contributed by atoms with Crippen LogP contribution in [0, 0.1) is 5.82 Å². The summed E-state index contributed by atoms with van der Waals surface area (Å²) in [7, 11) is 1.64. The monoisotopic (exact) mass is 320 g/mol. The van der Waals surface area contributed by atoms with Crippen molar-refractivity contribution in [2.24, 2.45) is 5.73 Å². The molecule has 0 aliphatic rings. The third-order valence-electron chi connectivity index (χ3n) is 3.16. The van der Waals surface area contributed by atoms with Gasteiger partial charge in [0, 0.05) is 19.7 Å². The summed E-state index contributed by atoms with van der Waals surface area (Å²) in [5.74, 6) is -0.803. The summed E-state index contributed by atoms with van der Waals surface area (Å²) in [5.41, 5.74) is 5.33. The highest BCUT2D eigenvalue weighted by molar-refractivity contribution is 5.97. The predicted octanol–water partition coefficient (Wildman–Crippen LogP) is 2.06. The van der Waals surface area contributed by atoms with Gasteiger partial charge in [-0.05, 0) is 30.7 Å². The lowest BCUT2D eigenvalue weighted by molar-refractivity contribution is 0.0787. The van der Waals surface area contributed by atoms with Gasteiger partial charge in [-0.15, -0.1) is 0 Å². The molecule has 7 heteroatoms. The van der Waals surface area contributed by atoms with Crippen molar-refractivity contribution in [2.45, 2.75) is 6.42 Å². The van der Waals surface area contributed by atoms with Crippen LogP contribution in [-0.4, -0.2) is 36.9 Å². The Morgan fingerprint density at radius 2 is 2.00 bits per heavy atom. The molecule has 23 heavy (non-hydrogen) atoms. The number of furan rings is 1. The van der Waals surface area contributed by atoms with Crippen LogP contribution < -0.4 is 10.5 Å². The number of nitrogens with zero attached hydrogens (tertiary/aromatic N) is 1. The summed E-state index contributed by atoms with van der Waals surface area (Å²) in [6, 6.07) is 7.04. The largest absolute Gasteiger partial charge is 0.494 e. The maximum atomic E-state index is 12.7. The summed E-state index contributed by atoms with van der Waals surface area (Å²) in [5, 5.41) is 0. The zero-order chi connectivity index (χ0) is 16.8. The Labute approximate surface area is 132 Å². The van der Waals surface area contributed by atoms with Crippen molar-refractivity contribution in [1.82, 2.24) is 4.90 Å². The minimum absolute atomic E-state index is 0.0543. The van der Waals surface area contributed by atoms with Crippen LogP contribution in [0.3, 0.4) is 0 Å². The van der Waals surface area contributed by atoms with Crippen molar-refractivity contribution in [3.63, 3.8) is 0 Å². The van der Waals surface area contributed by atoms with Gasteiger partial charge in [-0.3, -0.25) is 9.59 Å². The van der Waals surface area contributed by atoms with Crippen molar-refractivity contribution < 1.29 is 23.1 Å². The molecule has 2 amide bonds. The Kier molecular flexibility index (Phi) is 5.35. The van der Waals surface area contributed by atoms with E-state index in [1.54, 1.807) is 19.2 Å². The number of halogens is 1. The van der Waals surface area contributed by atoms with Gasteiger partial charge in [0.05, 0.1) is 12.2 Å². The molecule has 2 aromatic rings. The molecule has 0 bridgehead atoms. The first kappa shape index (κ1) is 16.5. The maximum absolute atomic E-state index is 12.7. The Morgan fingerprint density at radius 1 is 1.30 bits per heavy atom. The van der Waals surface area contributed by atoms with Gasteiger partial charge >= 0.3 is 0 Å². The quantitative estimate of drug-likeness (QED) is 0.791. The van der Waals surface area contributed by atoms with E-state index >= 15 is 0 Å². The molecule has 0 spiro atoms. The van der Waals surface area contributed by atoms with Gasteiger partial charge in [0.25, 0.3) is 11.8 Å². The first-order valence-electron chi connectivity index (χ1n) is 6.99. The van der Waals surface area contributed by atoms with Crippen LogP contribution in [0.2, 0.25) is 0 Å². The van der Waals surface area contributed by atoms with Gasteiger partial charge in [-0.1, -0.05) is 0 Å². The minimum Gasteiger partial charge on any atom is -0.494 e. The molecular formula is C16H17FN2O4. The maximum Gasteiger partial charge on any atom is 0.284 e. The summed E-state index contributed by atoms with van der Waals surface area (Å²) >= 11 is 0. The SMILES string of the molecule is CN(CCCOc1ccc(F)cc1)C(=O)c1coc(C(N)=O)c1. The Balaban J connectivity index is 1.77. The average Bonchev–Trinajstić information content (AvgIpc) is 3.02. The molecular weight excluding hydrogens is 303 g/mol. The molecule has 0 fully saturated rings. The lowest BCUT2D eigenvalue weighted by atomic mass is 10.2. The number of ether oxygens (including phenoxy) is 1. The van der Waals surface area contributed by atoms with E-state index in [-0.39, 0.29) is 23.0 Å². The topological polar surface area (TPSA) is 85.8 Å². The molecule has 1 aromatic heterocycles. The lowest BCUT2D eigenvalue weighted by Gasteiger charge is -2.16. The third-order valence-corrected chi connectivity index (χ3v) is 3.16. The summed E-state index contributed by atoms with van der Waals surface area (Å²) in [4.78, 5) is 24.5. The molecule has 122 valence electrons. The molecule has 0 saturated heterocycles. The van der Waals surface area contributed by atoms with Gasteiger partial charge < -0.3 is 19.8 Å². The summed E-state index contributed by atoms with van der Waals surface area (Å²) in [6.07, 6.45) is 1.80. The normalized spacial score (nSPS) is 10.3. The van der Waals surface area contributed by atoms with E-state index in [4.69, 9.17) is 14.9 Å². The number of carbonyl (C=O) groups excluding carboxylic acids is 2. The number of benzene rings is 1. The molecule has 0 atom stereocenters. The highest BCUT2D eigenvalue weighted by Gasteiger charge is 2.16. The summed E-state index contributed by atoms with van der Waals surface area (Å²) < 4.78 is 23.1. The van der Waals surface area contributed by atoms with E-state index in [1.165, 1.54) is 29.4 Å². The van der Waals surface area contributed by atoms with Crippen LogP contribution in [0.1, 0.15) is 27.3 Å². The fraction of sp³-hybridized carbons (Fsp3) is 0.250. The fourth-order valence-corrected chi connectivity index (χ4v) is 1.92. The molecule has 1 aromatic carbocycles. The number of rotatable bonds is 7. The first-order chi connectivity index (χ1) is 11.0. The van der Waals surface area contributed by atoms with Crippen molar-refractivity contribution in [1.29, 1.82) is 0 Å². The van der Waals surface area contributed by atoms with Crippen molar-refractivity contribution in [2.75, 3.05) is 20.2 Å². The van der Waals surface area contributed by atoms with Crippen LogP contribution in [0.5, 0.6) is 5.75 Å². The Morgan fingerprint density at radius 3 is 2.61 bits per heavy atom. The number of hydrogen-bond donors (Lipinski definition) is 1. The molecule has 2 N–H and O–H groups in total. The molecule has 6 nitrogen and oxygen atoms in total. The number of carbonyl (C=O) groups is 2. The van der Waals surface area contributed by atoms with Crippen LogP contribution in [0.4, 0.5) is 4.39 Å². The fourth-order valence-electron chi connectivity index (χ4n) is 1.92. The van der Waals surface area contributed by atoms with E-state index in [0.717, 1.165) is 0 Å². The Hall–Kier alpha value is -2.83. The van der Waals surface area contributed by atoms with Crippen LogP contribution in [0.15, 0.2) is 41.0 Å². The standard InChI is InChI=1S/C16H17FN2O4/c1-19(16(21)11-9-14(15(18)20)23-10-11)7-2-8-22-13-5-3-12(17)4-6-13/h3-6,9-10H,2,7-8H2,1H3,(H2,18,20). The zero-order valence-electron chi connectivity index (χ0n) is 12.6. The second-order valence-electron chi connectivity index (χ2n) is 4.95. The van der Waals surface area contributed by atoms with E-state index in [9.17, 15) is 14.0 Å². The zero-order valence-corrected chi connectivity index (χ0v) is 12.6. The van der Waals surface area contributed by atoms with Crippen LogP contribution in [-0.2, 0) is 0 Å². The van der Waals surface area contributed by atoms with E-state index in [2.05, 4.69) is 0 Å². The van der Waals surface area contributed by atoms with Crippen molar-refractivity contribution in [3.05, 3.63) is 53.7 Å². The molecule has 0 saturated carbocycles. The van der Waals surface area contributed by atoms with Gasteiger partial charge in [0.15, 0.2) is 5.76 Å². The predicted molar refractivity (Wildman–Crippen MR) is 80.7 cm³/mol. The first-order valence-corrected chi connectivity index (χ1v) is 6.99. The highest BCUT2D eigenvalue weighted by atomic mass is 19.1. The minimum atomic E-state index is -0.723. The Bertz CT molecular complexity index is 682. The van der Waals surface area contributed by atoms with Crippen molar-refractivity contribution >= 4 is 11.8 Å².